The first-order chi connectivity index (χ1) is 14.6. The molecular weight excluding hydrogens is 418 g/mol. The van der Waals surface area contributed by atoms with Crippen LogP contribution in [-0.2, 0) is 28.9 Å². The van der Waals surface area contributed by atoms with Crippen LogP contribution in [0.2, 0.25) is 0 Å². The molecule has 2 aliphatic rings. The van der Waals surface area contributed by atoms with Crippen molar-refractivity contribution in [2.24, 2.45) is 0 Å². The summed E-state index contributed by atoms with van der Waals surface area (Å²) in [4.78, 5) is 35.4. The minimum Gasteiger partial charge on any atom is -0.378 e. The number of fused-ring (bicyclic) bond motifs is 3. The maximum atomic E-state index is 13.5. The zero-order valence-corrected chi connectivity index (χ0v) is 19.6. The van der Waals surface area contributed by atoms with Crippen LogP contribution in [0.4, 0.5) is 0 Å². The highest BCUT2D eigenvalue weighted by Crippen LogP contribution is 2.36. The van der Waals surface area contributed by atoms with E-state index in [1.165, 1.54) is 28.6 Å². The van der Waals surface area contributed by atoms with Crippen LogP contribution in [0, 0.1) is 0 Å². The number of ether oxygens (including phenoxy) is 1. The average Bonchev–Trinajstić information content (AvgIpc) is 3.34. The number of unbranched alkanes of at least 4 members (excludes halogenated alkanes) is 3. The zero-order valence-electron chi connectivity index (χ0n) is 17.9. The Balaban J connectivity index is 1.63. The average molecular weight is 450 g/mol. The molecule has 0 spiro atoms. The summed E-state index contributed by atoms with van der Waals surface area (Å²) < 4.78 is 7.21. The first-order valence-electron chi connectivity index (χ1n) is 11.2. The number of aromatic nitrogens is 2. The lowest BCUT2D eigenvalue weighted by Crippen LogP contribution is -2.44. The van der Waals surface area contributed by atoms with E-state index >= 15 is 0 Å². The van der Waals surface area contributed by atoms with Gasteiger partial charge in [0.25, 0.3) is 5.56 Å². The SMILES string of the molecule is CCCCCCn1c(SC(C)C(=O)N2CCOCC2)nc2sc3c(c2c1=O)CCC3. The molecule has 1 saturated heterocycles. The Hall–Kier alpha value is -1.38. The molecule has 2 aromatic heterocycles. The van der Waals surface area contributed by atoms with E-state index in [-0.39, 0.29) is 16.7 Å². The van der Waals surface area contributed by atoms with Crippen molar-refractivity contribution in [2.75, 3.05) is 26.3 Å². The number of carbonyl (C=O) groups is 1. The van der Waals surface area contributed by atoms with Crippen molar-refractivity contribution in [1.29, 1.82) is 0 Å². The molecule has 0 N–H and O–H groups in total. The van der Waals surface area contributed by atoms with Gasteiger partial charge in [-0.2, -0.15) is 0 Å². The summed E-state index contributed by atoms with van der Waals surface area (Å²) in [6.45, 7) is 7.25. The van der Waals surface area contributed by atoms with Crippen molar-refractivity contribution < 1.29 is 9.53 Å². The Kier molecular flexibility index (Phi) is 7.16. The number of thioether (sulfide) groups is 1. The van der Waals surface area contributed by atoms with Gasteiger partial charge in [0.15, 0.2) is 5.16 Å². The van der Waals surface area contributed by atoms with Gasteiger partial charge >= 0.3 is 0 Å². The van der Waals surface area contributed by atoms with Crippen LogP contribution >= 0.6 is 23.1 Å². The predicted molar refractivity (Wildman–Crippen MR) is 123 cm³/mol. The number of carbonyl (C=O) groups excluding carboxylic acids is 1. The highest BCUT2D eigenvalue weighted by Gasteiger charge is 2.27. The Labute approximate surface area is 186 Å². The summed E-state index contributed by atoms with van der Waals surface area (Å²) in [5.74, 6) is 0.101. The summed E-state index contributed by atoms with van der Waals surface area (Å²) in [7, 11) is 0. The summed E-state index contributed by atoms with van der Waals surface area (Å²) in [5, 5.41) is 1.25. The Bertz CT molecular complexity index is 963. The second-order valence-electron chi connectivity index (χ2n) is 8.15. The highest BCUT2D eigenvalue weighted by molar-refractivity contribution is 8.00. The molecule has 1 aliphatic heterocycles. The van der Waals surface area contributed by atoms with E-state index in [1.54, 1.807) is 11.3 Å². The van der Waals surface area contributed by atoms with Crippen LogP contribution in [0.15, 0.2) is 9.95 Å². The van der Waals surface area contributed by atoms with Crippen molar-refractivity contribution in [3.63, 3.8) is 0 Å². The van der Waals surface area contributed by atoms with Crippen molar-refractivity contribution in [1.82, 2.24) is 14.5 Å². The summed E-state index contributed by atoms with van der Waals surface area (Å²) in [6.07, 6.45) is 7.58. The van der Waals surface area contributed by atoms with Gasteiger partial charge in [-0.05, 0) is 38.2 Å². The lowest BCUT2D eigenvalue weighted by molar-refractivity contribution is -0.134. The van der Waals surface area contributed by atoms with Crippen LogP contribution in [0.25, 0.3) is 10.2 Å². The molecule has 1 atom stereocenters. The maximum Gasteiger partial charge on any atom is 0.263 e. The summed E-state index contributed by atoms with van der Waals surface area (Å²) in [6, 6.07) is 0. The number of amides is 1. The van der Waals surface area contributed by atoms with Gasteiger partial charge in [-0.1, -0.05) is 37.9 Å². The number of hydrogen-bond acceptors (Lipinski definition) is 6. The molecule has 0 saturated carbocycles. The fourth-order valence-electron chi connectivity index (χ4n) is 4.29. The van der Waals surface area contributed by atoms with Gasteiger partial charge in [0.2, 0.25) is 5.91 Å². The largest absolute Gasteiger partial charge is 0.378 e. The standard InChI is InChI=1S/C22H31N3O3S2/c1-3-4-5-6-10-25-21(27)18-16-8-7-9-17(16)30-19(18)23-22(25)29-15(2)20(26)24-11-13-28-14-12-24/h15H,3-14H2,1-2H3. The lowest BCUT2D eigenvalue weighted by Gasteiger charge is -2.29. The van der Waals surface area contributed by atoms with Crippen LogP contribution in [0.5, 0.6) is 0 Å². The Morgan fingerprint density at radius 2 is 2.03 bits per heavy atom. The van der Waals surface area contributed by atoms with Crippen LogP contribution in [0.3, 0.4) is 0 Å². The van der Waals surface area contributed by atoms with E-state index in [9.17, 15) is 9.59 Å². The lowest BCUT2D eigenvalue weighted by atomic mass is 10.2. The molecule has 0 radical (unpaired) electrons. The molecule has 1 amide bonds. The number of hydrogen-bond donors (Lipinski definition) is 0. The fourth-order valence-corrected chi connectivity index (χ4v) is 6.61. The minimum absolute atomic E-state index is 0.0874. The molecule has 1 fully saturated rings. The Morgan fingerprint density at radius 1 is 1.23 bits per heavy atom. The monoisotopic (exact) mass is 449 g/mol. The maximum absolute atomic E-state index is 13.5. The van der Waals surface area contributed by atoms with Crippen LogP contribution in [0.1, 0.15) is 56.4 Å². The molecule has 164 valence electrons. The number of thiophene rings is 1. The molecule has 30 heavy (non-hydrogen) atoms. The third-order valence-corrected chi connectivity index (χ3v) is 8.24. The van der Waals surface area contributed by atoms with Crippen LogP contribution < -0.4 is 5.56 Å². The van der Waals surface area contributed by atoms with E-state index in [0.29, 0.717) is 38.0 Å². The van der Waals surface area contributed by atoms with E-state index in [2.05, 4.69) is 6.92 Å². The number of aryl methyl sites for hydroxylation is 2. The molecule has 0 aromatic carbocycles. The number of morpholine rings is 1. The van der Waals surface area contributed by atoms with Crippen molar-refractivity contribution >= 4 is 39.2 Å². The van der Waals surface area contributed by atoms with Gasteiger partial charge < -0.3 is 9.64 Å². The van der Waals surface area contributed by atoms with Crippen molar-refractivity contribution in [2.45, 2.75) is 75.7 Å². The van der Waals surface area contributed by atoms with E-state index in [4.69, 9.17) is 9.72 Å². The molecule has 4 rings (SSSR count). The Morgan fingerprint density at radius 3 is 2.80 bits per heavy atom. The van der Waals surface area contributed by atoms with E-state index in [0.717, 1.165) is 48.7 Å². The van der Waals surface area contributed by atoms with Gasteiger partial charge in [0.1, 0.15) is 4.83 Å². The fraction of sp³-hybridized carbons (Fsp3) is 0.682. The second kappa shape index (κ2) is 9.83. The molecule has 6 nitrogen and oxygen atoms in total. The molecule has 1 unspecified atom stereocenters. The quantitative estimate of drug-likeness (QED) is 0.348. The molecule has 0 bridgehead atoms. The van der Waals surface area contributed by atoms with Crippen molar-refractivity contribution in [3.8, 4) is 0 Å². The number of nitrogens with zero attached hydrogens (tertiary/aromatic N) is 3. The van der Waals surface area contributed by atoms with Crippen LogP contribution in [-0.4, -0.2) is 51.9 Å². The first kappa shape index (κ1) is 21.8. The van der Waals surface area contributed by atoms with Gasteiger partial charge in [-0.15, -0.1) is 11.3 Å². The third-order valence-electron chi connectivity index (χ3n) is 5.98. The summed E-state index contributed by atoms with van der Waals surface area (Å²) >= 11 is 3.10. The van der Waals surface area contributed by atoms with E-state index < -0.39 is 0 Å². The van der Waals surface area contributed by atoms with Gasteiger partial charge in [-0.3, -0.25) is 14.2 Å². The van der Waals surface area contributed by atoms with Gasteiger partial charge in [0.05, 0.1) is 23.8 Å². The number of rotatable bonds is 8. The summed E-state index contributed by atoms with van der Waals surface area (Å²) in [5.41, 5.74) is 1.31. The molecule has 2 aromatic rings. The molecule has 8 heteroatoms. The van der Waals surface area contributed by atoms with Crippen molar-refractivity contribution in [3.05, 3.63) is 20.8 Å². The van der Waals surface area contributed by atoms with Gasteiger partial charge in [0, 0.05) is 24.5 Å². The first-order valence-corrected chi connectivity index (χ1v) is 12.9. The zero-order chi connectivity index (χ0) is 21.1. The second-order valence-corrected chi connectivity index (χ2v) is 10.5. The normalized spacial score (nSPS) is 17.5. The topological polar surface area (TPSA) is 64.4 Å². The van der Waals surface area contributed by atoms with Gasteiger partial charge in [-0.25, -0.2) is 4.98 Å². The highest BCUT2D eigenvalue weighted by atomic mass is 32.2. The smallest absolute Gasteiger partial charge is 0.263 e. The predicted octanol–water partition coefficient (Wildman–Crippen LogP) is 3.87. The minimum atomic E-state index is -0.277. The molecular formula is C22H31N3O3S2. The van der Waals surface area contributed by atoms with E-state index in [1.807, 2.05) is 16.4 Å². The third kappa shape index (κ3) is 4.46. The molecule has 1 aliphatic carbocycles. The molecule has 3 heterocycles.